The Kier molecular flexibility index (Phi) is 6.80. The van der Waals surface area contributed by atoms with Crippen LogP contribution in [-0.2, 0) is 4.74 Å². The second-order valence-corrected chi connectivity index (χ2v) is 13.1. The summed E-state index contributed by atoms with van der Waals surface area (Å²) in [5.41, 5.74) is 1.52. The van der Waals surface area contributed by atoms with Crippen LogP contribution in [-0.4, -0.2) is 33.6 Å². The molecular weight excluding hydrogens is 384 g/mol. The van der Waals surface area contributed by atoms with E-state index in [1.807, 2.05) is 30.3 Å². The van der Waals surface area contributed by atoms with Crippen LogP contribution in [0.2, 0.25) is 18.1 Å². The number of rotatable bonds is 6. The maximum Gasteiger partial charge on any atom is 0.342 e. The molecule has 0 saturated heterocycles. The van der Waals surface area contributed by atoms with Crippen LogP contribution in [0.1, 0.15) is 42.3 Å². The number of benzene rings is 2. The Hall–Kier alpha value is -2.73. The Morgan fingerprint density at radius 1 is 1.03 bits per heavy atom. The van der Waals surface area contributed by atoms with Crippen LogP contribution < -0.4 is 9.16 Å². The highest BCUT2D eigenvalue weighted by Crippen LogP contribution is 2.37. The van der Waals surface area contributed by atoms with Crippen molar-refractivity contribution in [2.45, 2.75) is 38.9 Å². The lowest BCUT2D eigenvalue weighted by Gasteiger charge is -2.36. The molecule has 2 rings (SSSR count). The number of ether oxygens (including phenoxy) is 2. The molecule has 0 fully saturated rings. The number of aromatic hydroxyl groups is 1. The average Bonchev–Trinajstić information content (AvgIpc) is 2.64. The predicted molar refractivity (Wildman–Crippen MR) is 119 cm³/mol. The van der Waals surface area contributed by atoms with E-state index in [0.717, 1.165) is 11.3 Å². The van der Waals surface area contributed by atoms with Gasteiger partial charge < -0.3 is 19.0 Å². The van der Waals surface area contributed by atoms with E-state index in [0.29, 0.717) is 11.3 Å². The van der Waals surface area contributed by atoms with Crippen molar-refractivity contribution < 1.29 is 23.8 Å². The summed E-state index contributed by atoms with van der Waals surface area (Å²) in [6.07, 6.45) is 3.61. The third-order valence-corrected chi connectivity index (χ3v) is 9.60. The van der Waals surface area contributed by atoms with E-state index in [9.17, 15) is 9.90 Å². The Balaban J connectivity index is 2.38. The highest BCUT2D eigenvalue weighted by atomic mass is 28.4. The first-order valence-corrected chi connectivity index (χ1v) is 12.4. The minimum atomic E-state index is -1.94. The summed E-state index contributed by atoms with van der Waals surface area (Å²) in [4.78, 5) is 12.1. The van der Waals surface area contributed by atoms with Gasteiger partial charge in [0.05, 0.1) is 14.2 Å². The smallest absolute Gasteiger partial charge is 0.342 e. The molecule has 0 aliphatic rings. The number of phenolic OH excluding ortho intramolecular Hbond substituents is 1. The third kappa shape index (κ3) is 5.41. The first-order chi connectivity index (χ1) is 13.5. The molecule has 0 saturated carbocycles. The van der Waals surface area contributed by atoms with E-state index in [1.165, 1.54) is 20.3 Å². The lowest BCUT2D eigenvalue weighted by atomic mass is 10.0. The van der Waals surface area contributed by atoms with Crippen LogP contribution in [0.4, 0.5) is 0 Å². The highest BCUT2D eigenvalue weighted by molar-refractivity contribution is 6.74. The molecule has 2 aromatic rings. The number of hydrogen-bond donors (Lipinski definition) is 1. The lowest BCUT2D eigenvalue weighted by molar-refractivity contribution is 0.0597. The largest absolute Gasteiger partial charge is 0.543 e. The quantitative estimate of drug-likeness (QED) is 0.371. The van der Waals surface area contributed by atoms with Crippen molar-refractivity contribution >= 4 is 26.4 Å². The molecule has 0 heterocycles. The van der Waals surface area contributed by atoms with Gasteiger partial charge in [-0.1, -0.05) is 45.1 Å². The Morgan fingerprint density at radius 3 is 2.31 bits per heavy atom. The topological polar surface area (TPSA) is 65.0 Å². The average molecular weight is 415 g/mol. The first-order valence-electron chi connectivity index (χ1n) is 9.45. The molecular formula is C23H30O5Si. The van der Waals surface area contributed by atoms with E-state index in [4.69, 9.17) is 13.9 Å². The maximum atomic E-state index is 12.1. The standard InChI is InChI=1S/C23H30O5Si/c1-23(2,3)29(6,7)28-18-10-8-9-16(13-18)11-12-17-14-19(26-4)15-20(24)21(17)22(25)27-5/h8-15,24H,1-7H3/b12-11+. The van der Waals surface area contributed by atoms with Gasteiger partial charge in [-0.25, -0.2) is 4.79 Å². The van der Waals surface area contributed by atoms with Crippen molar-refractivity contribution in [1.29, 1.82) is 0 Å². The Morgan fingerprint density at radius 2 is 1.72 bits per heavy atom. The summed E-state index contributed by atoms with van der Waals surface area (Å²) in [6.45, 7) is 11.0. The van der Waals surface area contributed by atoms with Crippen molar-refractivity contribution in [3.8, 4) is 17.2 Å². The van der Waals surface area contributed by atoms with Gasteiger partial charge in [0.15, 0.2) is 0 Å². The SMILES string of the molecule is COC(=O)c1c(O)cc(OC)cc1/C=C/c1cccc(O[Si](C)(C)C(C)(C)C)c1. The second-order valence-electron chi connectivity index (χ2n) is 8.37. The first kappa shape index (κ1) is 22.6. The van der Waals surface area contributed by atoms with Gasteiger partial charge in [0.1, 0.15) is 22.8 Å². The van der Waals surface area contributed by atoms with Crippen molar-refractivity contribution in [3.63, 3.8) is 0 Å². The van der Waals surface area contributed by atoms with Gasteiger partial charge in [-0.3, -0.25) is 0 Å². The molecule has 6 heteroatoms. The lowest BCUT2D eigenvalue weighted by Crippen LogP contribution is -2.43. The molecule has 5 nitrogen and oxygen atoms in total. The zero-order chi connectivity index (χ0) is 21.8. The second kappa shape index (κ2) is 8.74. The summed E-state index contributed by atoms with van der Waals surface area (Å²) in [6, 6.07) is 10.9. The fourth-order valence-electron chi connectivity index (χ4n) is 2.51. The van der Waals surface area contributed by atoms with Crippen LogP contribution in [0, 0.1) is 0 Å². The molecule has 0 unspecified atom stereocenters. The van der Waals surface area contributed by atoms with Crippen LogP contribution in [0.3, 0.4) is 0 Å². The Bertz CT molecular complexity index is 910. The minimum Gasteiger partial charge on any atom is -0.543 e. The monoisotopic (exact) mass is 414 g/mol. The van der Waals surface area contributed by atoms with E-state index in [2.05, 4.69) is 33.9 Å². The van der Waals surface area contributed by atoms with E-state index < -0.39 is 14.3 Å². The minimum absolute atomic E-state index is 0.0956. The van der Waals surface area contributed by atoms with Crippen LogP contribution >= 0.6 is 0 Å². The van der Waals surface area contributed by atoms with E-state index in [-0.39, 0.29) is 16.4 Å². The summed E-state index contributed by atoms with van der Waals surface area (Å²) < 4.78 is 16.4. The van der Waals surface area contributed by atoms with Crippen LogP contribution in [0.15, 0.2) is 36.4 Å². The zero-order valence-corrected chi connectivity index (χ0v) is 19.2. The number of hydrogen-bond acceptors (Lipinski definition) is 5. The van der Waals surface area contributed by atoms with Gasteiger partial charge in [0, 0.05) is 6.07 Å². The highest BCUT2D eigenvalue weighted by Gasteiger charge is 2.38. The number of carbonyl (C=O) groups is 1. The molecule has 2 aromatic carbocycles. The van der Waals surface area contributed by atoms with E-state index >= 15 is 0 Å². The molecule has 0 aliphatic carbocycles. The molecule has 0 radical (unpaired) electrons. The van der Waals surface area contributed by atoms with Gasteiger partial charge in [0.2, 0.25) is 8.32 Å². The predicted octanol–water partition coefficient (Wildman–Crippen LogP) is 5.74. The molecule has 156 valence electrons. The fourth-order valence-corrected chi connectivity index (χ4v) is 3.53. The molecule has 0 spiro atoms. The summed E-state index contributed by atoms with van der Waals surface area (Å²) in [5.74, 6) is 0.468. The number of esters is 1. The van der Waals surface area contributed by atoms with Gasteiger partial charge in [-0.05, 0) is 47.5 Å². The van der Waals surface area contributed by atoms with Crippen molar-refractivity contribution in [2.24, 2.45) is 0 Å². The van der Waals surface area contributed by atoms with Gasteiger partial charge in [-0.2, -0.15) is 0 Å². The molecule has 0 aromatic heterocycles. The molecule has 0 atom stereocenters. The van der Waals surface area contributed by atoms with Crippen molar-refractivity contribution in [1.82, 2.24) is 0 Å². The fraction of sp³-hybridized carbons (Fsp3) is 0.348. The molecule has 0 bridgehead atoms. The number of phenols is 1. The zero-order valence-electron chi connectivity index (χ0n) is 18.2. The van der Waals surface area contributed by atoms with Crippen molar-refractivity contribution in [2.75, 3.05) is 14.2 Å². The summed E-state index contributed by atoms with van der Waals surface area (Å²) in [7, 11) is 0.842. The summed E-state index contributed by atoms with van der Waals surface area (Å²) in [5, 5.41) is 10.3. The molecule has 0 aliphatic heterocycles. The molecule has 29 heavy (non-hydrogen) atoms. The van der Waals surface area contributed by atoms with Crippen LogP contribution in [0.25, 0.3) is 12.2 Å². The normalized spacial score (nSPS) is 12.1. The number of methoxy groups -OCH3 is 2. The van der Waals surface area contributed by atoms with Crippen LogP contribution in [0.5, 0.6) is 17.2 Å². The van der Waals surface area contributed by atoms with Crippen molar-refractivity contribution in [3.05, 3.63) is 53.1 Å². The van der Waals surface area contributed by atoms with Gasteiger partial charge in [0.25, 0.3) is 0 Å². The Labute approximate surface area is 174 Å². The third-order valence-electron chi connectivity index (χ3n) is 5.24. The number of carbonyl (C=O) groups excluding carboxylic acids is 1. The molecule has 1 N–H and O–H groups in total. The van der Waals surface area contributed by atoms with E-state index in [1.54, 1.807) is 12.1 Å². The van der Waals surface area contributed by atoms with Gasteiger partial charge in [-0.15, -0.1) is 0 Å². The maximum absolute atomic E-state index is 12.1. The summed E-state index contributed by atoms with van der Waals surface area (Å²) >= 11 is 0. The van der Waals surface area contributed by atoms with Gasteiger partial charge >= 0.3 is 5.97 Å². The molecule has 0 amide bonds.